The number of anilines is 1. The molecule has 1 saturated heterocycles. The molecule has 0 aliphatic carbocycles. The summed E-state index contributed by atoms with van der Waals surface area (Å²) in [7, 11) is 1.71. The van der Waals surface area contributed by atoms with Gasteiger partial charge in [-0.1, -0.05) is 30.3 Å². The van der Waals surface area contributed by atoms with Crippen LogP contribution >= 0.6 is 0 Å². The Balaban J connectivity index is 1.46. The third kappa shape index (κ3) is 4.24. The van der Waals surface area contributed by atoms with Gasteiger partial charge < -0.3 is 10.1 Å². The Bertz CT molecular complexity index is 947. The molecule has 0 atom stereocenters. The molecule has 1 aliphatic rings. The fourth-order valence-corrected chi connectivity index (χ4v) is 3.15. The van der Waals surface area contributed by atoms with Crippen molar-refractivity contribution in [3.8, 4) is 11.4 Å². The number of aryl methyl sites for hydroxylation is 1. The van der Waals surface area contributed by atoms with Crippen LogP contribution < -0.4 is 5.32 Å². The van der Waals surface area contributed by atoms with E-state index in [1.54, 1.807) is 19.2 Å². The van der Waals surface area contributed by atoms with Gasteiger partial charge in [-0.2, -0.15) is 4.80 Å². The number of tetrazole rings is 1. The molecule has 0 unspecified atom stereocenters. The van der Waals surface area contributed by atoms with E-state index in [-0.39, 0.29) is 5.91 Å². The summed E-state index contributed by atoms with van der Waals surface area (Å²) in [5.74, 6) is 0.387. The highest BCUT2D eigenvalue weighted by Crippen LogP contribution is 2.20. The fraction of sp³-hybridized carbons (Fsp3) is 0.300. The van der Waals surface area contributed by atoms with Crippen molar-refractivity contribution in [2.75, 3.05) is 31.6 Å². The van der Waals surface area contributed by atoms with Crippen LogP contribution in [0.4, 0.5) is 5.69 Å². The average molecular weight is 378 g/mol. The number of rotatable bonds is 5. The first-order valence-electron chi connectivity index (χ1n) is 9.23. The maximum Gasteiger partial charge on any atom is 0.255 e. The van der Waals surface area contributed by atoms with Crippen molar-refractivity contribution in [3.63, 3.8) is 0 Å². The largest absolute Gasteiger partial charge is 0.379 e. The lowest BCUT2D eigenvalue weighted by atomic mass is 10.1. The number of hydrogen-bond donors (Lipinski definition) is 1. The molecule has 0 radical (unpaired) electrons. The number of amides is 1. The number of morpholine rings is 1. The van der Waals surface area contributed by atoms with E-state index in [2.05, 4.69) is 25.6 Å². The Labute approximate surface area is 163 Å². The lowest BCUT2D eigenvalue weighted by Crippen LogP contribution is -2.35. The number of ether oxygens (including phenoxy) is 1. The third-order valence-corrected chi connectivity index (χ3v) is 4.68. The first kappa shape index (κ1) is 18.3. The van der Waals surface area contributed by atoms with Crippen molar-refractivity contribution < 1.29 is 9.53 Å². The fourth-order valence-electron chi connectivity index (χ4n) is 3.15. The minimum atomic E-state index is -0.145. The van der Waals surface area contributed by atoms with Gasteiger partial charge in [0.1, 0.15) is 0 Å². The number of para-hydroxylation sites is 1. The number of hydrogen-bond acceptors (Lipinski definition) is 6. The second-order valence-electron chi connectivity index (χ2n) is 6.68. The van der Waals surface area contributed by atoms with Crippen molar-refractivity contribution in [3.05, 3.63) is 59.7 Å². The molecule has 8 nitrogen and oxygen atoms in total. The minimum absolute atomic E-state index is 0.145. The summed E-state index contributed by atoms with van der Waals surface area (Å²) in [6, 6.07) is 15.1. The maximum absolute atomic E-state index is 12.7. The predicted molar refractivity (Wildman–Crippen MR) is 105 cm³/mol. The first-order valence-corrected chi connectivity index (χ1v) is 9.23. The molecular weight excluding hydrogens is 356 g/mol. The van der Waals surface area contributed by atoms with Crippen molar-refractivity contribution in [2.45, 2.75) is 6.54 Å². The molecule has 28 heavy (non-hydrogen) atoms. The Hall–Kier alpha value is -3.10. The van der Waals surface area contributed by atoms with Gasteiger partial charge in [0.2, 0.25) is 5.82 Å². The molecule has 1 aromatic heterocycles. The highest BCUT2D eigenvalue weighted by atomic mass is 16.5. The van der Waals surface area contributed by atoms with Gasteiger partial charge in [0, 0.05) is 36.4 Å². The van der Waals surface area contributed by atoms with Gasteiger partial charge in [-0.3, -0.25) is 9.69 Å². The Morgan fingerprint density at radius 3 is 2.57 bits per heavy atom. The van der Waals surface area contributed by atoms with Gasteiger partial charge in [-0.15, -0.1) is 10.2 Å². The van der Waals surface area contributed by atoms with E-state index in [0.29, 0.717) is 11.4 Å². The molecule has 0 spiro atoms. The molecular formula is C20H22N6O2. The monoisotopic (exact) mass is 378 g/mol. The zero-order valence-corrected chi connectivity index (χ0v) is 15.7. The minimum Gasteiger partial charge on any atom is -0.379 e. The van der Waals surface area contributed by atoms with Crippen molar-refractivity contribution in [1.82, 2.24) is 25.1 Å². The van der Waals surface area contributed by atoms with Crippen LogP contribution in [0.3, 0.4) is 0 Å². The number of carbonyl (C=O) groups is 1. The van der Waals surface area contributed by atoms with Crippen LogP contribution in [0.15, 0.2) is 48.5 Å². The van der Waals surface area contributed by atoms with Crippen molar-refractivity contribution >= 4 is 11.6 Å². The molecule has 4 rings (SSSR count). The smallest absolute Gasteiger partial charge is 0.255 e. The second kappa shape index (κ2) is 8.28. The molecule has 1 amide bonds. The molecule has 3 aromatic rings. The van der Waals surface area contributed by atoms with E-state index in [4.69, 9.17) is 4.74 Å². The average Bonchev–Trinajstić information content (AvgIpc) is 3.17. The normalized spacial score (nSPS) is 14.8. The molecule has 0 bridgehead atoms. The van der Waals surface area contributed by atoms with E-state index in [9.17, 15) is 4.79 Å². The van der Waals surface area contributed by atoms with Crippen LogP contribution in [-0.2, 0) is 18.3 Å². The van der Waals surface area contributed by atoms with E-state index in [1.165, 1.54) is 4.80 Å². The Morgan fingerprint density at radius 2 is 1.86 bits per heavy atom. The van der Waals surface area contributed by atoms with Crippen LogP contribution in [0.25, 0.3) is 11.4 Å². The summed E-state index contributed by atoms with van der Waals surface area (Å²) < 4.78 is 5.41. The highest BCUT2D eigenvalue weighted by Gasteiger charge is 2.15. The molecule has 1 fully saturated rings. The quantitative estimate of drug-likeness (QED) is 0.731. The number of nitrogens with one attached hydrogen (secondary N) is 1. The standard InChI is InChI=1S/C20H22N6O2/c1-25-23-19(22-24-25)15-6-8-16(9-7-15)20(27)21-18-5-3-2-4-17(18)14-26-10-12-28-13-11-26/h2-9H,10-14H2,1H3,(H,21,27). The summed E-state index contributed by atoms with van der Waals surface area (Å²) in [6.45, 7) is 4.10. The van der Waals surface area contributed by atoms with E-state index >= 15 is 0 Å². The molecule has 8 heteroatoms. The zero-order chi connectivity index (χ0) is 19.3. The van der Waals surface area contributed by atoms with Crippen LogP contribution in [0.5, 0.6) is 0 Å². The second-order valence-corrected chi connectivity index (χ2v) is 6.68. The van der Waals surface area contributed by atoms with Crippen LogP contribution in [0.2, 0.25) is 0 Å². The van der Waals surface area contributed by atoms with Crippen LogP contribution in [-0.4, -0.2) is 57.3 Å². The van der Waals surface area contributed by atoms with Crippen LogP contribution in [0, 0.1) is 0 Å². The number of aromatic nitrogens is 4. The van der Waals surface area contributed by atoms with Crippen molar-refractivity contribution in [1.29, 1.82) is 0 Å². The zero-order valence-electron chi connectivity index (χ0n) is 15.7. The summed E-state index contributed by atoms with van der Waals surface area (Å²) in [6.07, 6.45) is 0. The Morgan fingerprint density at radius 1 is 1.11 bits per heavy atom. The van der Waals surface area contributed by atoms with E-state index < -0.39 is 0 Å². The molecule has 2 aromatic carbocycles. The van der Waals surface area contributed by atoms with E-state index in [0.717, 1.165) is 49.7 Å². The third-order valence-electron chi connectivity index (χ3n) is 4.68. The first-order chi connectivity index (χ1) is 13.7. The molecule has 144 valence electrons. The Kier molecular flexibility index (Phi) is 5.41. The summed E-state index contributed by atoms with van der Waals surface area (Å²) in [5, 5.41) is 15.0. The van der Waals surface area contributed by atoms with Gasteiger partial charge >= 0.3 is 0 Å². The molecule has 2 heterocycles. The van der Waals surface area contributed by atoms with Gasteiger partial charge in [0.05, 0.1) is 20.3 Å². The topological polar surface area (TPSA) is 85.2 Å². The number of nitrogens with zero attached hydrogens (tertiary/aromatic N) is 5. The molecule has 0 saturated carbocycles. The van der Waals surface area contributed by atoms with Crippen LogP contribution in [0.1, 0.15) is 15.9 Å². The number of benzene rings is 2. The molecule has 1 N–H and O–H groups in total. The number of carbonyl (C=O) groups excluding carboxylic acids is 1. The highest BCUT2D eigenvalue weighted by molar-refractivity contribution is 6.04. The summed E-state index contributed by atoms with van der Waals surface area (Å²) in [4.78, 5) is 16.5. The van der Waals surface area contributed by atoms with Gasteiger partial charge in [-0.05, 0) is 29.0 Å². The maximum atomic E-state index is 12.7. The predicted octanol–water partition coefficient (Wildman–Crippen LogP) is 1.96. The lowest BCUT2D eigenvalue weighted by Gasteiger charge is -2.27. The summed E-state index contributed by atoms with van der Waals surface area (Å²) >= 11 is 0. The SMILES string of the molecule is Cn1nnc(-c2ccc(C(=O)Nc3ccccc3CN3CCOCC3)cc2)n1. The van der Waals surface area contributed by atoms with Gasteiger partial charge in [0.15, 0.2) is 0 Å². The van der Waals surface area contributed by atoms with Gasteiger partial charge in [0.25, 0.3) is 5.91 Å². The molecule has 1 aliphatic heterocycles. The van der Waals surface area contributed by atoms with Gasteiger partial charge in [-0.25, -0.2) is 0 Å². The lowest BCUT2D eigenvalue weighted by molar-refractivity contribution is 0.0342. The summed E-state index contributed by atoms with van der Waals surface area (Å²) in [5.41, 5.74) is 3.32. The van der Waals surface area contributed by atoms with Crippen molar-refractivity contribution in [2.24, 2.45) is 7.05 Å². The van der Waals surface area contributed by atoms with E-state index in [1.807, 2.05) is 36.4 Å².